The first kappa shape index (κ1) is 19.5. The molecule has 0 spiro atoms. The first-order valence-electron chi connectivity index (χ1n) is 9.04. The van der Waals surface area contributed by atoms with Gasteiger partial charge in [-0.15, -0.1) is 6.58 Å². The van der Waals surface area contributed by atoms with Crippen molar-refractivity contribution in [1.29, 1.82) is 0 Å². The number of benzene rings is 2. The number of halogens is 2. The van der Waals surface area contributed by atoms with Crippen LogP contribution >= 0.6 is 23.2 Å². The van der Waals surface area contributed by atoms with Gasteiger partial charge in [-0.05, 0) is 48.2 Å². The van der Waals surface area contributed by atoms with Crippen molar-refractivity contribution in [2.45, 2.75) is 23.3 Å². The monoisotopic (exact) mass is 434 g/mol. The Balaban J connectivity index is 1.76. The maximum atomic E-state index is 12.5. The SMILES string of the molecule is C=CCNS(=O)(=O)c1ccc2c(c1)C1C=CCC1C(c1c(Cl)cccc1Cl)N2. The number of hydrogen-bond donors (Lipinski definition) is 2. The number of nitrogens with one attached hydrogen (secondary N) is 2. The van der Waals surface area contributed by atoms with E-state index in [2.05, 4.69) is 28.8 Å². The third-order valence-corrected chi connectivity index (χ3v) is 7.45. The standard InChI is InChI=1S/C21H20Cl2N2O2S/c1-2-11-24-28(26,27)13-9-10-19-16(12-13)14-5-3-6-15(14)21(25-19)20-17(22)7-4-8-18(20)23/h2-5,7-10,12,14-15,21,24-25H,1,6,11H2. The maximum Gasteiger partial charge on any atom is 0.240 e. The Morgan fingerprint density at radius 1 is 1.21 bits per heavy atom. The molecule has 2 aromatic carbocycles. The second kappa shape index (κ2) is 7.56. The Labute approximate surface area is 175 Å². The first-order chi connectivity index (χ1) is 13.4. The van der Waals surface area contributed by atoms with E-state index >= 15 is 0 Å². The molecule has 0 fully saturated rings. The maximum absolute atomic E-state index is 12.5. The van der Waals surface area contributed by atoms with Crippen LogP contribution in [0.4, 0.5) is 5.69 Å². The zero-order valence-corrected chi connectivity index (χ0v) is 17.4. The molecule has 2 aromatic rings. The van der Waals surface area contributed by atoms with Gasteiger partial charge >= 0.3 is 0 Å². The lowest BCUT2D eigenvalue weighted by Gasteiger charge is -2.38. The summed E-state index contributed by atoms with van der Waals surface area (Å²) in [5.74, 6) is 0.312. The van der Waals surface area contributed by atoms with Crippen LogP contribution in [0.5, 0.6) is 0 Å². The Morgan fingerprint density at radius 3 is 2.68 bits per heavy atom. The van der Waals surface area contributed by atoms with Crippen molar-refractivity contribution in [2.24, 2.45) is 5.92 Å². The number of allylic oxidation sites excluding steroid dienone is 2. The average molecular weight is 435 g/mol. The molecule has 2 aliphatic rings. The molecule has 0 radical (unpaired) electrons. The topological polar surface area (TPSA) is 58.2 Å². The fourth-order valence-electron chi connectivity index (χ4n) is 4.09. The molecule has 3 unspecified atom stereocenters. The van der Waals surface area contributed by atoms with E-state index in [1.54, 1.807) is 12.1 Å². The summed E-state index contributed by atoms with van der Waals surface area (Å²) >= 11 is 12.9. The van der Waals surface area contributed by atoms with Crippen LogP contribution in [0.3, 0.4) is 0 Å². The summed E-state index contributed by atoms with van der Waals surface area (Å²) in [6.07, 6.45) is 6.68. The quantitative estimate of drug-likeness (QED) is 0.628. The summed E-state index contributed by atoms with van der Waals surface area (Å²) in [4.78, 5) is 0.253. The fourth-order valence-corrected chi connectivity index (χ4v) is 5.75. The van der Waals surface area contributed by atoms with Gasteiger partial charge in [0.25, 0.3) is 0 Å². The normalized spacial score (nSPS) is 23.0. The predicted octanol–water partition coefficient (Wildman–Crippen LogP) is 5.28. The molecule has 4 rings (SSSR count). The highest BCUT2D eigenvalue weighted by molar-refractivity contribution is 7.89. The predicted molar refractivity (Wildman–Crippen MR) is 115 cm³/mol. The van der Waals surface area contributed by atoms with E-state index in [9.17, 15) is 8.42 Å². The molecule has 4 nitrogen and oxygen atoms in total. The van der Waals surface area contributed by atoms with Crippen molar-refractivity contribution in [1.82, 2.24) is 4.72 Å². The van der Waals surface area contributed by atoms with Crippen LogP contribution in [0.15, 0.2) is 66.1 Å². The lowest BCUT2D eigenvalue weighted by atomic mass is 9.77. The van der Waals surface area contributed by atoms with Crippen LogP contribution in [0, 0.1) is 5.92 Å². The molecule has 0 aromatic heterocycles. The van der Waals surface area contributed by atoms with E-state index in [1.807, 2.05) is 24.3 Å². The van der Waals surface area contributed by atoms with Gasteiger partial charge in [0.1, 0.15) is 0 Å². The molecule has 0 bridgehead atoms. The van der Waals surface area contributed by atoms with Crippen LogP contribution < -0.4 is 10.0 Å². The van der Waals surface area contributed by atoms with E-state index in [0.29, 0.717) is 10.0 Å². The van der Waals surface area contributed by atoms with Crippen LogP contribution in [0.25, 0.3) is 0 Å². The van der Waals surface area contributed by atoms with Gasteiger partial charge in [-0.2, -0.15) is 0 Å². The summed E-state index contributed by atoms with van der Waals surface area (Å²) in [6, 6.07) is 10.7. The minimum atomic E-state index is -3.58. The van der Waals surface area contributed by atoms with Gasteiger partial charge in [0.05, 0.1) is 10.9 Å². The van der Waals surface area contributed by atoms with E-state index in [4.69, 9.17) is 23.2 Å². The molecule has 7 heteroatoms. The molecular formula is C21H20Cl2N2O2S. The largest absolute Gasteiger partial charge is 0.378 e. The van der Waals surface area contributed by atoms with Crippen molar-refractivity contribution >= 4 is 38.9 Å². The van der Waals surface area contributed by atoms with Crippen LogP contribution in [0.2, 0.25) is 10.0 Å². The molecule has 0 amide bonds. The lowest BCUT2D eigenvalue weighted by Crippen LogP contribution is -2.30. The Hall–Kier alpha value is -1.79. The van der Waals surface area contributed by atoms with E-state index < -0.39 is 10.0 Å². The zero-order chi connectivity index (χ0) is 19.9. The van der Waals surface area contributed by atoms with Gasteiger partial charge in [0.2, 0.25) is 10.0 Å². The minimum absolute atomic E-state index is 0.0463. The summed E-state index contributed by atoms with van der Waals surface area (Å²) in [5, 5.41) is 4.81. The molecule has 1 aliphatic heterocycles. The molecular weight excluding hydrogens is 415 g/mol. The summed E-state index contributed by atoms with van der Waals surface area (Å²) in [6.45, 7) is 3.75. The summed E-state index contributed by atoms with van der Waals surface area (Å²) in [5.41, 5.74) is 2.76. The minimum Gasteiger partial charge on any atom is -0.378 e. The van der Waals surface area contributed by atoms with Gasteiger partial charge in [-0.25, -0.2) is 13.1 Å². The molecule has 3 atom stereocenters. The third kappa shape index (κ3) is 3.37. The second-order valence-corrected chi connectivity index (χ2v) is 9.58. The third-order valence-electron chi connectivity index (χ3n) is 5.37. The summed E-state index contributed by atoms with van der Waals surface area (Å²) < 4.78 is 27.5. The van der Waals surface area contributed by atoms with Crippen LogP contribution in [-0.2, 0) is 10.0 Å². The second-order valence-electron chi connectivity index (χ2n) is 7.00. The molecule has 1 heterocycles. The molecule has 146 valence electrons. The Morgan fingerprint density at radius 2 is 1.96 bits per heavy atom. The van der Waals surface area contributed by atoms with E-state index in [1.165, 1.54) is 6.08 Å². The van der Waals surface area contributed by atoms with Crippen LogP contribution in [0.1, 0.15) is 29.5 Å². The average Bonchev–Trinajstić information content (AvgIpc) is 3.16. The van der Waals surface area contributed by atoms with Gasteiger partial charge in [0.15, 0.2) is 0 Å². The summed E-state index contributed by atoms with van der Waals surface area (Å²) in [7, 11) is -3.58. The van der Waals surface area contributed by atoms with Crippen molar-refractivity contribution in [3.8, 4) is 0 Å². The highest BCUT2D eigenvalue weighted by Gasteiger charge is 2.39. The van der Waals surface area contributed by atoms with Crippen molar-refractivity contribution in [3.05, 3.63) is 82.4 Å². The van der Waals surface area contributed by atoms with Gasteiger partial charge in [-0.1, -0.05) is 47.5 Å². The Bertz CT molecular complexity index is 1050. The number of rotatable bonds is 5. The number of sulfonamides is 1. The Kier molecular flexibility index (Phi) is 5.27. The van der Waals surface area contributed by atoms with E-state index in [-0.39, 0.29) is 29.3 Å². The van der Waals surface area contributed by atoms with Gasteiger partial charge < -0.3 is 5.32 Å². The molecule has 0 saturated heterocycles. The molecule has 0 saturated carbocycles. The number of hydrogen-bond acceptors (Lipinski definition) is 3. The molecule has 1 aliphatic carbocycles. The molecule has 2 N–H and O–H groups in total. The van der Waals surface area contributed by atoms with Crippen molar-refractivity contribution < 1.29 is 8.42 Å². The molecule has 28 heavy (non-hydrogen) atoms. The first-order valence-corrected chi connectivity index (χ1v) is 11.3. The number of anilines is 1. The smallest absolute Gasteiger partial charge is 0.240 e. The van der Waals surface area contributed by atoms with Gasteiger partial charge in [-0.3, -0.25) is 0 Å². The number of fused-ring (bicyclic) bond motifs is 3. The van der Waals surface area contributed by atoms with Crippen molar-refractivity contribution in [3.63, 3.8) is 0 Å². The van der Waals surface area contributed by atoms with Gasteiger partial charge in [0, 0.05) is 33.8 Å². The lowest BCUT2D eigenvalue weighted by molar-refractivity contribution is 0.425. The van der Waals surface area contributed by atoms with E-state index in [0.717, 1.165) is 23.2 Å². The van der Waals surface area contributed by atoms with Crippen molar-refractivity contribution in [2.75, 3.05) is 11.9 Å². The van der Waals surface area contributed by atoms with Crippen LogP contribution in [-0.4, -0.2) is 15.0 Å². The highest BCUT2D eigenvalue weighted by Crippen LogP contribution is 2.52. The zero-order valence-electron chi connectivity index (χ0n) is 15.0. The highest BCUT2D eigenvalue weighted by atomic mass is 35.5. The fraction of sp³-hybridized carbons (Fsp3) is 0.238.